The number of carbonyl (C=O) groups is 1. The number of nitrogens with one attached hydrogen (secondary N) is 1. The lowest BCUT2D eigenvalue weighted by molar-refractivity contribution is -0.135. The van der Waals surface area contributed by atoms with E-state index < -0.39 is 28.1 Å². The van der Waals surface area contributed by atoms with Crippen LogP contribution in [0.5, 0.6) is 11.5 Å². The van der Waals surface area contributed by atoms with Gasteiger partial charge in [-0.25, -0.2) is 12.8 Å². The summed E-state index contributed by atoms with van der Waals surface area (Å²) in [5.74, 6) is 0.369. The van der Waals surface area contributed by atoms with Crippen molar-refractivity contribution in [2.45, 2.75) is 36.2 Å². The molecule has 1 aliphatic carbocycles. The van der Waals surface area contributed by atoms with Gasteiger partial charge in [0.2, 0.25) is 15.7 Å². The van der Waals surface area contributed by atoms with Crippen LogP contribution in [0.2, 0.25) is 0 Å². The Balaban J connectivity index is 1.78. The first kappa shape index (κ1) is 19.9. The Bertz CT molecular complexity index is 812. The van der Waals surface area contributed by atoms with Crippen LogP contribution in [-0.2, 0) is 14.8 Å². The van der Waals surface area contributed by atoms with Crippen molar-refractivity contribution in [2.24, 2.45) is 5.92 Å². The molecule has 0 aromatic heterocycles. The molecule has 0 bridgehead atoms. The monoisotopic (exact) mass is 400 g/mol. The van der Waals surface area contributed by atoms with Gasteiger partial charge in [-0.05, 0) is 43.7 Å². The molecule has 1 unspecified atom stereocenters. The third-order valence-corrected chi connectivity index (χ3v) is 6.90. The molecular formula is C18H25FN2O5S. The van der Waals surface area contributed by atoms with Crippen molar-refractivity contribution in [3.8, 4) is 11.5 Å². The summed E-state index contributed by atoms with van der Waals surface area (Å²) in [7, 11) is -1.10. The molecule has 1 aliphatic heterocycles. The molecule has 150 valence electrons. The van der Waals surface area contributed by atoms with E-state index in [4.69, 9.17) is 9.47 Å². The number of amides is 1. The van der Waals surface area contributed by atoms with Crippen LogP contribution in [0.15, 0.2) is 23.1 Å². The van der Waals surface area contributed by atoms with E-state index >= 15 is 4.39 Å². The Morgan fingerprint density at radius 1 is 1.30 bits per heavy atom. The van der Waals surface area contributed by atoms with Crippen LogP contribution in [0.25, 0.3) is 0 Å². The second kappa shape index (κ2) is 7.63. The van der Waals surface area contributed by atoms with Gasteiger partial charge in [0.1, 0.15) is 0 Å². The summed E-state index contributed by atoms with van der Waals surface area (Å²) in [6.07, 6.45) is 2.38. The molecule has 7 nitrogen and oxygen atoms in total. The van der Waals surface area contributed by atoms with Crippen LogP contribution in [-0.4, -0.2) is 58.2 Å². The Hall–Kier alpha value is -1.87. The molecule has 0 radical (unpaired) electrons. The molecule has 3 rings (SSSR count). The maximum atomic E-state index is 15.2. The molecule has 1 saturated heterocycles. The minimum absolute atomic E-state index is 0.0153. The molecule has 2 fully saturated rings. The topological polar surface area (TPSA) is 84.9 Å². The van der Waals surface area contributed by atoms with Crippen molar-refractivity contribution in [2.75, 3.05) is 33.9 Å². The molecule has 9 heteroatoms. The number of hydrogen-bond acceptors (Lipinski definition) is 5. The van der Waals surface area contributed by atoms with Gasteiger partial charge < -0.3 is 14.8 Å². The van der Waals surface area contributed by atoms with Crippen LogP contribution in [0, 0.1) is 5.92 Å². The van der Waals surface area contributed by atoms with Gasteiger partial charge in [-0.15, -0.1) is 0 Å². The van der Waals surface area contributed by atoms with Crippen molar-refractivity contribution < 1.29 is 27.1 Å². The van der Waals surface area contributed by atoms with E-state index in [1.54, 1.807) is 0 Å². The third-order valence-electron chi connectivity index (χ3n) is 5.06. The summed E-state index contributed by atoms with van der Waals surface area (Å²) < 4.78 is 52.5. The number of rotatable bonds is 7. The summed E-state index contributed by atoms with van der Waals surface area (Å²) >= 11 is 0. The second-order valence-electron chi connectivity index (χ2n) is 7.08. The number of benzene rings is 1. The van der Waals surface area contributed by atoms with Gasteiger partial charge in [-0.2, -0.15) is 4.31 Å². The van der Waals surface area contributed by atoms with Gasteiger partial charge in [0, 0.05) is 19.2 Å². The molecule has 1 amide bonds. The van der Waals surface area contributed by atoms with Crippen molar-refractivity contribution >= 4 is 15.9 Å². The van der Waals surface area contributed by atoms with E-state index in [0.29, 0.717) is 18.2 Å². The van der Waals surface area contributed by atoms with Gasteiger partial charge in [-0.3, -0.25) is 4.79 Å². The predicted octanol–water partition coefficient (Wildman–Crippen LogP) is 1.72. The van der Waals surface area contributed by atoms with Crippen LogP contribution in [0.4, 0.5) is 4.39 Å². The van der Waals surface area contributed by atoms with Crippen LogP contribution in [0.3, 0.4) is 0 Å². The summed E-state index contributed by atoms with van der Waals surface area (Å²) in [5.41, 5.74) is -2.21. The van der Waals surface area contributed by atoms with E-state index in [1.807, 2.05) is 0 Å². The lowest BCUT2D eigenvalue weighted by atomic mass is 9.95. The maximum Gasteiger partial charge on any atom is 0.259 e. The lowest BCUT2D eigenvalue weighted by Crippen LogP contribution is -2.55. The minimum Gasteiger partial charge on any atom is -0.493 e. The van der Waals surface area contributed by atoms with Crippen molar-refractivity contribution in [1.29, 1.82) is 0 Å². The van der Waals surface area contributed by atoms with E-state index in [2.05, 4.69) is 5.32 Å². The summed E-state index contributed by atoms with van der Waals surface area (Å²) in [5, 5.41) is 2.63. The van der Waals surface area contributed by atoms with Gasteiger partial charge in [-0.1, -0.05) is 0 Å². The Morgan fingerprint density at radius 2 is 2.00 bits per heavy atom. The highest BCUT2D eigenvalue weighted by molar-refractivity contribution is 7.89. The van der Waals surface area contributed by atoms with Gasteiger partial charge in [0.15, 0.2) is 11.5 Å². The normalized spacial score (nSPS) is 23.7. The van der Waals surface area contributed by atoms with Gasteiger partial charge in [0.05, 0.1) is 25.7 Å². The minimum atomic E-state index is -3.97. The summed E-state index contributed by atoms with van der Waals surface area (Å²) in [6.45, 7) is 0.130. The van der Waals surface area contributed by atoms with Crippen molar-refractivity contribution in [3.63, 3.8) is 0 Å². The first-order valence-electron chi connectivity index (χ1n) is 8.99. The zero-order valence-corrected chi connectivity index (χ0v) is 16.4. The Morgan fingerprint density at radius 3 is 2.63 bits per heavy atom. The van der Waals surface area contributed by atoms with Crippen molar-refractivity contribution in [3.05, 3.63) is 18.2 Å². The highest BCUT2D eigenvalue weighted by atomic mass is 32.2. The number of halogens is 1. The Kier molecular flexibility index (Phi) is 5.62. The summed E-state index contributed by atoms with van der Waals surface area (Å²) in [4.78, 5) is 12.3. The highest BCUT2D eigenvalue weighted by Gasteiger charge is 2.46. The quantitative estimate of drug-likeness (QED) is 0.753. The van der Waals surface area contributed by atoms with E-state index in [1.165, 1.54) is 32.4 Å². The zero-order valence-electron chi connectivity index (χ0n) is 15.5. The smallest absolute Gasteiger partial charge is 0.259 e. The number of piperidine rings is 1. The molecule has 2 aliphatic rings. The van der Waals surface area contributed by atoms with E-state index in [-0.39, 0.29) is 30.0 Å². The number of ether oxygens (including phenoxy) is 2. The second-order valence-corrected chi connectivity index (χ2v) is 9.02. The fourth-order valence-corrected chi connectivity index (χ4v) is 4.75. The molecule has 27 heavy (non-hydrogen) atoms. The largest absolute Gasteiger partial charge is 0.493 e. The first-order chi connectivity index (χ1) is 12.8. The number of nitrogens with zero attached hydrogens (tertiary/aromatic N) is 1. The molecule has 1 N–H and O–H groups in total. The van der Waals surface area contributed by atoms with E-state index in [9.17, 15) is 13.2 Å². The molecule has 0 spiro atoms. The number of alkyl halides is 1. The zero-order chi connectivity index (χ0) is 19.7. The standard InChI is InChI=1S/C18H25FN2O5S/c1-25-15-7-6-14(10-16(15)26-2)27(23,24)21-9-3-8-18(19,12-21)17(22)20-11-13-4-5-13/h6-7,10,13H,3-5,8-9,11-12H2,1-2H3,(H,20,22). The van der Waals surface area contributed by atoms with Gasteiger partial charge >= 0.3 is 0 Å². The molecule has 1 saturated carbocycles. The molecule has 1 aromatic carbocycles. The van der Waals surface area contributed by atoms with Gasteiger partial charge in [0.25, 0.3) is 5.91 Å². The number of sulfonamides is 1. The number of hydrogen-bond donors (Lipinski definition) is 1. The first-order valence-corrected chi connectivity index (χ1v) is 10.4. The maximum absolute atomic E-state index is 15.2. The fraction of sp³-hybridized carbons (Fsp3) is 0.611. The molecule has 1 atom stereocenters. The van der Waals surface area contributed by atoms with Crippen LogP contribution < -0.4 is 14.8 Å². The SMILES string of the molecule is COc1ccc(S(=O)(=O)N2CCCC(F)(C(=O)NCC3CC3)C2)cc1OC. The van der Waals surface area contributed by atoms with Crippen LogP contribution in [0.1, 0.15) is 25.7 Å². The van der Waals surface area contributed by atoms with Crippen molar-refractivity contribution in [1.82, 2.24) is 9.62 Å². The molecule has 1 aromatic rings. The summed E-state index contributed by atoms with van der Waals surface area (Å²) in [6, 6.07) is 4.22. The average molecular weight is 400 g/mol. The third kappa shape index (κ3) is 4.19. The lowest BCUT2D eigenvalue weighted by Gasteiger charge is -2.35. The molecule has 1 heterocycles. The highest BCUT2D eigenvalue weighted by Crippen LogP contribution is 2.34. The predicted molar refractivity (Wildman–Crippen MR) is 97.1 cm³/mol. The fourth-order valence-electron chi connectivity index (χ4n) is 3.21. The Labute approximate surface area is 158 Å². The average Bonchev–Trinajstić information content (AvgIpc) is 3.49. The van der Waals surface area contributed by atoms with Crippen LogP contribution >= 0.6 is 0 Å². The number of carbonyl (C=O) groups excluding carboxylic acids is 1. The van der Waals surface area contributed by atoms with E-state index in [0.717, 1.165) is 17.1 Å². The number of methoxy groups -OCH3 is 2. The molecular weight excluding hydrogens is 375 g/mol.